The Morgan fingerprint density at radius 1 is 1.33 bits per heavy atom. The lowest BCUT2D eigenvalue weighted by atomic mass is 10.2. The molecule has 0 saturated heterocycles. The van der Waals surface area contributed by atoms with Gasteiger partial charge in [0.25, 0.3) is 0 Å². The fourth-order valence-electron chi connectivity index (χ4n) is 1.99. The van der Waals surface area contributed by atoms with Crippen LogP contribution in [0.3, 0.4) is 0 Å². The van der Waals surface area contributed by atoms with Gasteiger partial charge in [0.05, 0.1) is 0 Å². The van der Waals surface area contributed by atoms with E-state index >= 15 is 0 Å². The number of carbonyl (C=O) groups is 1. The Morgan fingerprint density at radius 3 is 2.81 bits per heavy atom. The van der Waals surface area contributed by atoms with Crippen LogP contribution in [0.5, 0.6) is 5.75 Å². The second-order valence-electron chi connectivity index (χ2n) is 5.11. The van der Waals surface area contributed by atoms with Crippen molar-refractivity contribution in [3.05, 3.63) is 29.8 Å². The molecule has 2 N–H and O–H groups in total. The van der Waals surface area contributed by atoms with Crippen LogP contribution in [0.2, 0.25) is 0 Å². The van der Waals surface area contributed by atoms with E-state index in [9.17, 15) is 13.6 Å². The highest BCUT2D eigenvalue weighted by Gasteiger charge is 2.22. The van der Waals surface area contributed by atoms with Gasteiger partial charge < -0.3 is 15.4 Å². The minimum atomic E-state index is -2.82. The number of ether oxygens (including phenoxy) is 1. The van der Waals surface area contributed by atoms with Gasteiger partial charge in [0.15, 0.2) is 0 Å². The van der Waals surface area contributed by atoms with Gasteiger partial charge in [0, 0.05) is 24.6 Å². The number of para-hydroxylation sites is 1. The summed E-state index contributed by atoms with van der Waals surface area (Å²) in [6.07, 6.45) is 3.38. The van der Waals surface area contributed by atoms with Gasteiger partial charge in [-0.25, -0.2) is 0 Å². The monoisotopic (exact) mass is 298 g/mol. The SMILES string of the molecule is O=C(CCCNCc1ccccc1OC(F)F)NC1CC1. The lowest BCUT2D eigenvalue weighted by molar-refractivity contribution is -0.121. The minimum absolute atomic E-state index is 0.0840. The summed E-state index contributed by atoms with van der Waals surface area (Å²) in [7, 11) is 0. The molecular formula is C15H20F2N2O2. The molecule has 116 valence electrons. The number of nitrogens with one attached hydrogen (secondary N) is 2. The van der Waals surface area contributed by atoms with Crippen LogP contribution >= 0.6 is 0 Å². The van der Waals surface area contributed by atoms with Crippen LogP contribution < -0.4 is 15.4 Å². The smallest absolute Gasteiger partial charge is 0.387 e. The van der Waals surface area contributed by atoms with Gasteiger partial charge in [0.1, 0.15) is 5.75 Å². The zero-order chi connectivity index (χ0) is 15.1. The summed E-state index contributed by atoms with van der Waals surface area (Å²) in [5.41, 5.74) is 0.681. The highest BCUT2D eigenvalue weighted by atomic mass is 19.3. The van der Waals surface area contributed by atoms with Gasteiger partial charge in [-0.15, -0.1) is 0 Å². The predicted octanol–water partition coefficient (Wildman–Crippen LogP) is 2.44. The average molecular weight is 298 g/mol. The molecule has 0 aliphatic heterocycles. The molecule has 0 heterocycles. The third-order valence-corrected chi connectivity index (χ3v) is 3.20. The van der Waals surface area contributed by atoms with E-state index in [0.717, 1.165) is 19.3 Å². The highest BCUT2D eigenvalue weighted by molar-refractivity contribution is 5.76. The molecule has 1 fully saturated rings. The van der Waals surface area contributed by atoms with E-state index in [1.165, 1.54) is 6.07 Å². The molecule has 0 spiro atoms. The number of halogens is 2. The first-order valence-electron chi connectivity index (χ1n) is 7.18. The highest BCUT2D eigenvalue weighted by Crippen LogP contribution is 2.20. The quantitative estimate of drug-likeness (QED) is 0.689. The van der Waals surface area contributed by atoms with Crippen LogP contribution in [0, 0.1) is 0 Å². The molecule has 1 aliphatic carbocycles. The molecule has 21 heavy (non-hydrogen) atoms. The van der Waals surface area contributed by atoms with Crippen molar-refractivity contribution in [2.24, 2.45) is 0 Å². The van der Waals surface area contributed by atoms with Gasteiger partial charge in [-0.2, -0.15) is 8.78 Å². The second-order valence-corrected chi connectivity index (χ2v) is 5.11. The van der Waals surface area contributed by atoms with Crippen LogP contribution in [-0.4, -0.2) is 25.1 Å². The van der Waals surface area contributed by atoms with Crippen molar-refractivity contribution in [1.29, 1.82) is 0 Å². The van der Waals surface area contributed by atoms with Gasteiger partial charge in [-0.05, 0) is 31.9 Å². The van der Waals surface area contributed by atoms with E-state index in [4.69, 9.17) is 0 Å². The number of hydrogen-bond acceptors (Lipinski definition) is 3. The summed E-state index contributed by atoms with van der Waals surface area (Å²) < 4.78 is 29.0. The number of benzene rings is 1. The normalized spacial score (nSPS) is 14.2. The molecule has 0 bridgehead atoms. The number of amides is 1. The minimum Gasteiger partial charge on any atom is -0.434 e. The van der Waals surface area contributed by atoms with Crippen LogP contribution in [-0.2, 0) is 11.3 Å². The van der Waals surface area contributed by atoms with Crippen LogP contribution in [0.15, 0.2) is 24.3 Å². The molecule has 0 aromatic heterocycles. The molecule has 1 amide bonds. The molecule has 1 aliphatic rings. The predicted molar refractivity (Wildman–Crippen MR) is 75.2 cm³/mol. The zero-order valence-electron chi connectivity index (χ0n) is 11.8. The van der Waals surface area contributed by atoms with Gasteiger partial charge in [0.2, 0.25) is 5.91 Å². The Morgan fingerprint density at radius 2 is 2.10 bits per heavy atom. The van der Waals surface area contributed by atoms with Crippen molar-refractivity contribution >= 4 is 5.91 Å². The van der Waals surface area contributed by atoms with Crippen molar-refractivity contribution < 1.29 is 18.3 Å². The Kier molecular flexibility index (Phi) is 5.92. The first-order valence-corrected chi connectivity index (χ1v) is 7.18. The van der Waals surface area contributed by atoms with Gasteiger partial charge in [-0.3, -0.25) is 4.79 Å². The van der Waals surface area contributed by atoms with E-state index in [1.807, 2.05) is 0 Å². The zero-order valence-corrected chi connectivity index (χ0v) is 11.8. The third kappa shape index (κ3) is 6.08. The molecule has 2 rings (SSSR count). The molecule has 0 unspecified atom stereocenters. The largest absolute Gasteiger partial charge is 0.434 e. The van der Waals surface area contributed by atoms with Gasteiger partial charge >= 0.3 is 6.61 Å². The summed E-state index contributed by atoms with van der Waals surface area (Å²) in [5, 5.41) is 6.06. The molecule has 6 heteroatoms. The van der Waals surface area contributed by atoms with Crippen LogP contribution in [0.1, 0.15) is 31.2 Å². The Balaban J connectivity index is 1.64. The lowest BCUT2D eigenvalue weighted by Crippen LogP contribution is -2.26. The van der Waals surface area contributed by atoms with Crippen molar-refractivity contribution in [2.45, 2.75) is 44.9 Å². The molecule has 4 nitrogen and oxygen atoms in total. The number of hydrogen-bond donors (Lipinski definition) is 2. The van der Waals surface area contributed by atoms with Crippen molar-refractivity contribution in [3.63, 3.8) is 0 Å². The number of rotatable bonds is 9. The Labute approximate surface area is 122 Å². The number of carbonyl (C=O) groups excluding carboxylic acids is 1. The fourth-order valence-corrected chi connectivity index (χ4v) is 1.99. The third-order valence-electron chi connectivity index (χ3n) is 3.20. The van der Waals surface area contributed by atoms with Crippen molar-refractivity contribution in [2.75, 3.05) is 6.54 Å². The maximum Gasteiger partial charge on any atom is 0.387 e. The molecule has 1 aromatic carbocycles. The molecule has 1 saturated carbocycles. The fraction of sp³-hybridized carbons (Fsp3) is 0.533. The molecule has 0 atom stereocenters. The summed E-state index contributed by atoms with van der Waals surface area (Å²) >= 11 is 0. The lowest BCUT2D eigenvalue weighted by Gasteiger charge is -2.11. The maximum atomic E-state index is 12.3. The van der Waals surface area contributed by atoms with Crippen molar-refractivity contribution in [3.8, 4) is 5.75 Å². The second kappa shape index (κ2) is 7.93. The van der Waals surface area contributed by atoms with Crippen LogP contribution in [0.25, 0.3) is 0 Å². The summed E-state index contributed by atoms with van der Waals surface area (Å²) in [4.78, 5) is 11.5. The molecule has 1 aromatic rings. The van der Waals surface area contributed by atoms with E-state index in [2.05, 4.69) is 15.4 Å². The van der Waals surface area contributed by atoms with E-state index in [-0.39, 0.29) is 11.7 Å². The molecular weight excluding hydrogens is 278 g/mol. The van der Waals surface area contributed by atoms with Crippen LogP contribution in [0.4, 0.5) is 8.78 Å². The number of alkyl halides is 2. The Hall–Kier alpha value is -1.69. The first-order chi connectivity index (χ1) is 10.1. The molecule has 0 radical (unpaired) electrons. The van der Waals surface area contributed by atoms with Crippen molar-refractivity contribution in [1.82, 2.24) is 10.6 Å². The van der Waals surface area contributed by atoms with Gasteiger partial charge in [-0.1, -0.05) is 18.2 Å². The summed E-state index contributed by atoms with van der Waals surface area (Å²) in [6, 6.07) is 7.09. The maximum absolute atomic E-state index is 12.3. The van der Waals surface area contributed by atoms with E-state index in [1.54, 1.807) is 18.2 Å². The average Bonchev–Trinajstić information content (AvgIpc) is 3.23. The summed E-state index contributed by atoms with van der Waals surface area (Å²) in [6.45, 7) is -1.73. The first kappa shape index (κ1) is 15.7. The summed E-state index contributed by atoms with van der Waals surface area (Å²) in [5.74, 6) is 0.271. The topological polar surface area (TPSA) is 50.4 Å². The van der Waals surface area contributed by atoms with E-state index < -0.39 is 6.61 Å². The van der Waals surface area contributed by atoms with E-state index in [0.29, 0.717) is 31.1 Å². The Bertz CT molecular complexity index is 465. The standard InChI is InChI=1S/C15H20F2N2O2/c16-15(17)21-13-5-2-1-4-11(13)10-18-9-3-6-14(20)19-12-7-8-12/h1-2,4-5,12,15,18H,3,6-10H2,(H,19,20).